The summed E-state index contributed by atoms with van der Waals surface area (Å²) in [6.07, 6.45) is 1.43. The van der Waals surface area contributed by atoms with Crippen LogP contribution in [-0.4, -0.2) is 22.4 Å². The standard InChI is InChI=1S/C21H16ClN3O2/c1-2-27-21(26)16(14-23)13-18-19(15-9-5-3-6-10-15)24-25(20(18)22)17-11-7-4-8-12-17/h3-13H,2H2,1H3/b16-13+. The molecule has 0 N–H and O–H groups in total. The fourth-order valence-electron chi connectivity index (χ4n) is 2.58. The van der Waals surface area contributed by atoms with E-state index in [1.54, 1.807) is 11.6 Å². The van der Waals surface area contributed by atoms with Gasteiger partial charge in [0.05, 0.1) is 12.3 Å². The highest BCUT2D eigenvalue weighted by Gasteiger charge is 2.20. The van der Waals surface area contributed by atoms with Crippen molar-refractivity contribution in [3.8, 4) is 23.0 Å². The van der Waals surface area contributed by atoms with Crippen LogP contribution < -0.4 is 0 Å². The van der Waals surface area contributed by atoms with Crippen LogP contribution in [0.4, 0.5) is 0 Å². The van der Waals surface area contributed by atoms with E-state index in [2.05, 4.69) is 5.10 Å². The smallest absolute Gasteiger partial charge is 0.348 e. The second-order valence-corrected chi connectivity index (χ2v) is 5.91. The quantitative estimate of drug-likeness (QED) is 0.368. The van der Waals surface area contributed by atoms with Gasteiger partial charge in [-0.15, -0.1) is 0 Å². The van der Waals surface area contributed by atoms with Gasteiger partial charge in [0.15, 0.2) is 0 Å². The molecule has 0 bridgehead atoms. The molecule has 0 amide bonds. The molecule has 2 aromatic carbocycles. The van der Waals surface area contributed by atoms with Crippen LogP contribution in [0.25, 0.3) is 23.0 Å². The zero-order valence-corrected chi connectivity index (χ0v) is 15.3. The van der Waals surface area contributed by atoms with Gasteiger partial charge in [-0.1, -0.05) is 60.1 Å². The third-order valence-electron chi connectivity index (χ3n) is 3.82. The Kier molecular flexibility index (Phi) is 5.70. The van der Waals surface area contributed by atoms with Gasteiger partial charge in [-0.25, -0.2) is 9.48 Å². The van der Waals surface area contributed by atoms with Crippen LogP contribution in [0, 0.1) is 11.3 Å². The molecule has 3 aromatic rings. The van der Waals surface area contributed by atoms with Gasteiger partial charge in [-0.05, 0) is 25.1 Å². The van der Waals surface area contributed by atoms with Crippen molar-refractivity contribution in [2.24, 2.45) is 0 Å². The molecule has 134 valence electrons. The highest BCUT2D eigenvalue weighted by atomic mass is 35.5. The second-order valence-electron chi connectivity index (χ2n) is 5.56. The van der Waals surface area contributed by atoms with Crippen molar-refractivity contribution in [2.75, 3.05) is 6.61 Å². The summed E-state index contributed by atoms with van der Waals surface area (Å²) in [6, 6.07) is 20.7. The number of carbonyl (C=O) groups excluding carboxylic acids is 1. The average molecular weight is 378 g/mol. The fraction of sp³-hybridized carbons (Fsp3) is 0.0952. The number of benzene rings is 2. The van der Waals surface area contributed by atoms with Gasteiger partial charge < -0.3 is 4.74 Å². The van der Waals surface area contributed by atoms with Crippen molar-refractivity contribution in [3.63, 3.8) is 0 Å². The Hall–Kier alpha value is -3.36. The van der Waals surface area contributed by atoms with E-state index in [0.29, 0.717) is 16.4 Å². The van der Waals surface area contributed by atoms with E-state index in [1.165, 1.54) is 6.08 Å². The summed E-state index contributed by atoms with van der Waals surface area (Å²) in [4.78, 5) is 12.0. The molecule has 3 rings (SSSR count). The lowest BCUT2D eigenvalue weighted by molar-refractivity contribution is -0.137. The molecule has 0 saturated heterocycles. The van der Waals surface area contributed by atoms with Gasteiger partial charge in [0, 0.05) is 11.1 Å². The molecule has 0 saturated carbocycles. The lowest BCUT2D eigenvalue weighted by Crippen LogP contribution is -2.06. The van der Waals surface area contributed by atoms with Crippen LogP contribution >= 0.6 is 11.6 Å². The van der Waals surface area contributed by atoms with Crippen molar-refractivity contribution in [1.29, 1.82) is 5.26 Å². The van der Waals surface area contributed by atoms with Gasteiger partial charge in [-0.3, -0.25) is 0 Å². The number of halogens is 1. The van der Waals surface area contributed by atoms with Crippen molar-refractivity contribution >= 4 is 23.6 Å². The molecule has 6 heteroatoms. The number of para-hydroxylation sites is 1. The predicted octanol–water partition coefficient (Wildman–Crippen LogP) is 4.66. The van der Waals surface area contributed by atoms with E-state index < -0.39 is 5.97 Å². The first-order valence-corrected chi connectivity index (χ1v) is 8.71. The number of nitrogens with zero attached hydrogens (tertiary/aromatic N) is 3. The summed E-state index contributed by atoms with van der Waals surface area (Å²) in [7, 11) is 0. The molecular weight excluding hydrogens is 362 g/mol. The molecule has 0 aliphatic carbocycles. The zero-order chi connectivity index (χ0) is 19.2. The Labute approximate surface area is 162 Å². The maximum Gasteiger partial charge on any atom is 0.348 e. The average Bonchev–Trinajstić information content (AvgIpc) is 3.03. The first-order chi connectivity index (χ1) is 13.2. The predicted molar refractivity (Wildman–Crippen MR) is 104 cm³/mol. The summed E-state index contributed by atoms with van der Waals surface area (Å²) in [5.74, 6) is -0.692. The molecule has 0 radical (unpaired) electrons. The van der Waals surface area contributed by atoms with E-state index in [0.717, 1.165) is 11.3 Å². The van der Waals surface area contributed by atoms with Crippen LogP contribution in [0.3, 0.4) is 0 Å². The Morgan fingerprint density at radius 3 is 2.41 bits per heavy atom. The molecule has 0 fully saturated rings. The molecule has 1 aromatic heterocycles. The second kappa shape index (κ2) is 8.35. The van der Waals surface area contributed by atoms with Gasteiger partial charge in [0.2, 0.25) is 0 Å². The Morgan fingerprint density at radius 2 is 1.81 bits per heavy atom. The maximum absolute atomic E-state index is 12.0. The lowest BCUT2D eigenvalue weighted by Gasteiger charge is -2.02. The number of rotatable bonds is 5. The number of esters is 1. The Morgan fingerprint density at radius 1 is 1.19 bits per heavy atom. The van der Waals surface area contributed by atoms with E-state index in [4.69, 9.17) is 16.3 Å². The maximum atomic E-state index is 12.0. The van der Waals surface area contributed by atoms with Crippen molar-refractivity contribution in [3.05, 3.63) is 77.0 Å². The van der Waals surface area contributed by atoms with Crippen LogP contribution in [-0.2, 0) is 9.53 Å². The van der Waals surface area contributed by atoms with Crippen molar-refractivity contribution in [2.45, 2.75) is 6.92 Å². The first kappa shape index (κ1) is 18.4. The van der Waals surface area contributed by atoms with E-state index in [-0.39, 0.29) is 12.2 Å². The first-order valence-electron chi connectivity index (χ1n) is 8.34. The minimum atomic E-state index is -0.692. The van der Waals surface area contributed by atoms with Gasteiger partial charge >= 0.3 is 5.97 Å². The fourth-order valence-corrected chi connectivity index (χ4v) is 2.86. The Bertz CT molecular complexity index is 1020. The molecule has 0 aliphatic rings. The highest BCUT2D eigenvalue weighted by molar-refractivity contribution is 6.32. The molecule has 0 spiro atoms. The highest BCUT2D eigenvalue weighted by Crippen LogP contribution is 2.32. The van der Waals surface area contributed by atoms with Crippen LogP contribution in [0.2, 0.25) is 5.15 Å². The lowest BCUT2D eigenvalue weighted by atomic mass is 10.1. The van der Waals surface area contributed by atoms with Crippen LogP contribution in [0.15, 0.2) is 66.2 Å². The van der Waals surface area contributed by atoms with Gasteiger partial charge in [-0.2, -0.15) is 10.4 Å². The summed E-state index contributed by atoms with van der Waals surface area (Å²) >= 11 is 6.59. The summed E-state index contributed by atoms with van der Waals surface area (Å²) in [6.45, 7) is 1.86. The number of hydrogen-bond donors (Lipinski definition) is 0. The summed E-state index contributed by atoms with van der Waals surface area (Å²) in [5, 5.41) is 14.3. The molecule has 27 heavy (non-hydrogen) atoms. The van der Waals surface area contributed by atoms with E-state index >= 15 is 0 Å². The third-order valence-corrected chi connectivity index (χ3v) is 4.18. The molecular formula is C21H16ClN3O2. The van der Waals surface area contributed by atoms with E-state index in [9.17, 15) is 10.1 Å². The van der Waals surface area contributed by atoms with Gasteiger partial charge in [0.25, 0.3) is 0 Å². The largest absolute Gasteiger partial charge is 0.462 e. The zero-order valence-electron chi connectivity index (χ0n) is 14.6. The van der Waals surface area contributed by atoms with Crippen molar-refractivity contribution < 1.29 is 9.53 Å². The molecule has 1 heterocycles. The summed E-state index contributed by atoms with van der Waals surface area (Å²) in [5.41, 5.74) is 2.51. The molecule has 0 atom stereocenters. The van der Waals surface area contributed by atoms with Gasteiger partial charge in [0.1, 0.15) is 22.5 Å². The number of hydrogen-bond acceptors (Lipinski definition) is 4. The number of nitriles is 1. The topological polar surface area (TPSA) is 67.9 Å². The summed E-state index contributed by atoms with van der Waals surface area (Å²) < 4.78 is 6.52. The normalized spacial score (nSPS) is 11.1. The van der Waals surface area contributed by atoms with E-state index in [1.807, 2.05) is 66.7 Å². The molecule has 0 unspecified atom stereocenters. The monoisotopic (exact) mass is 377 g/mol. The number of carbonyl (C=O) groups is 1. The van der Waals surface area contributed by atoms with Crippen LogP contribution in [0.1, 0.15) is 12.5 Å². The number of ether oxygens (including phenoxy) is 1. The molecule has 5 nitrogen and oxygen atoms in total. The van der Waals surface area contributed by atoms with Crippen molar-refractivity contribution in [1.82, 2.24) is 9.78 Å². The molecule has 0 aliphatic heterocycles. The minimum Gasteiger partial charge on any atom is -0.462 e. The SMILES string of the molecule is CCOC(=O)/C(C#N)=C/c1c(-c2ccccc2)nn(-c2ccccc2)c1Cl. The minimum absolute atomic E-state index is 0.136. The third kappa shape index (κ3) is 3.91. The Balaban J connectivity index is 2.21. The number of aromatic nitrogens is 2. The van der Waals surface area contributed by atoms with Crippen LogP contribution in [0.5, 0.6) is 0 Å².